The van der Waals surface area contributed by atoms with E-state index in [1.807, 2.05) is 0 Å². The molecule has 0 atom stereocenters. The predicted octanol–water partition coefficient (Wildman–Crippen LogP) is 3.86. The van der Waals surface area contributed by atoms with Crippen LogP contribution in [0.4, 0.5) is 5.69 Å². The van der Waals surface area contributed by atoms with Gasteiger partial charge in [-0.1, -0.05) is 17.7 Å². The van der Waals surface area contributed by atoms with E-state index >= 15 is 0 Å². The molecular formula is C26H37ClN4O3. The molecule has 34 heavy (non-hydrogen) atoms. The maximum Gasteiger partial charge on any atom is 0.255 e. The first-order valence-electron chi connectivity index (χ1n) is 12.6. The molecule has 2 amide bonds. The number of nitrogens with zero attached hydrogens (tertiary/aromatic N) is 2. The lowest BCUT2D eigenvalue weighted by molar-refractivity contribution is -0.128. The molecule has 2 heterocycles. The zero-order valence-electron chi connectivity index (χ0n) is 20.2. The van der Waals surface area contributed by atoms with Crippen molar-refractivity contribution in [2.75, 3.05) is 45.6 Å². The lowest BCUT2D eigenvalue weighted by Gasteiger charge is -2.38. The normalized spacial score (nSPS) is 20.6. The quantitative estimate of drug-likeness (QED) is 0.593. The Labute approximate surface area is 207 Å². The second-order valence-corrected chi connectivity index (χ2v) is 10.2. The van der Waals surface area contributed by atoms with E-state index in [0.717, 1.165) is 83.2 Å². The zero-order valence-corrected chi connectivity index (χ0v) is 20.9. The van der Waals surface area contributed by atoms with Gasteiger partial charge in [0.15, 0.2) is 0 Å². The van der Waals surface area contributed by atoms with Crippen LogP contribution >= 0.6 is 11.6 Å². The predicted molar refractivity (Wildman–Crippen MR) is 135 cm³/mol. The first-order valence-corrected chi connectivity index (χ1v) is 13.0. The van der Waals surface area contributed by atoms with Gasteiger partial charge in [-0.15, -0.1) is 0 Å². The van der Waals surface area contributed by atoms with Crippen molar-refractivity contribution in [2.45, 2.75) is 57.4 Å². The number of nitrogens with one attached hydrogen (secondary N) is 1. The van der Waals surface area contributed by atoms with Gasteiger partial charge in [-0.05, 0) is 63.4 Å². The standard InChI is InChI=1S/C26H37ClN4O3/c1-34-24-16-23(28)22(27)15-21(24)25(32)29-20-9-11-30(12-10-20)17-18-7-13-31(14-8-18)26(33)19-5-3-2-4-6-19/h5,15-16,18,20H,2-4,6-14,17,28H2,1H3,(H,29,32). The van der Waals surface area contributed by atoms with E-state index in [2.05, 4.69) is 21.2 Å². The van der Waals surface area contributed by atoms with Crippen LogP contribution in [0, 0.1) is 5.92 Å². The van der Waals surface area contributed by atoms with Crippen molar-refractivity contribution in [1.82, 2.24) is 15.1 Å². The third-order valence-electron chi connectivity index (χ3n) is 7.47. The molecule has 7 nitrogen and oxygen atoms in total. The summed E-state index contributed by atoms with van der Waals surface area (Å²) in [6.07, 6.45) is 10.5. The van der Waals surface area contributed by atoms with Crippen molar-refractivity contribution in [3.63, 3.8) is 0 Å². The lowest BCUT2D eigenvalue weighted by atomic mass is 9.93. The molecule has 3 aliphatic rings. The average molecular weight is 489 g/mol. The van der Waals surface area contributed by atoms with Crippen LogP contribution in [-0.2, 0) is 4.79 Å². The number of ether oxygens (including phenoxy) is 1. The molecule has 0 aromatic heterocycles. The second-order valence-electron chi connectivity index (χ2n) is 9.83. The molecule has 4 rings (SSSR count). The first kappa shape index (κ1) is 24.9. The Morgan fingerprint density at radius 3 is 2.50 bits per heavy atom. The van der Waals surface area contributed by atoms with E-state index in [4.69, 9.17) is 22.1 Å². The van der Waals surface area contributed by atoms with E-state index in [1.54, 1.807) is 12.1 Å². The van der Waals surface area contributed by atoms with Gasteiger partial charge in [0, 0.05) is 50.4 Å². The van der Waals surface area contributed by atoms with Gasteiger partial charge in [-0.25, -0.2) is 0 Å². The Morgan fingerprint density at radius 2 is 1.85 bits per heavy atom. The van der Waals surface area contributed by atoms with Crippen molar-refractivity contribution in [2.24, 2.45) is 5.92 Å². The van der Waals surface area contributed by atoms with E-state index < -0.39 is 0 Å². The number of allylic oxidation sites excluding steroid dienone is 1. The summed E-state index contributed by atoms with van der Waals surface area (Å²) < 4.78 is 5.31. The highest BCUT2D eigenvalue weighted by atomic mass is 35.5. The van der Waals surface area contributed by atoms with Crippen LogP contribution in [0.1, 0.15) is 61.7 Å². The number of rotatable bonds is 6. The molecule has 1 aromatic rings. The number of likely N-dealkylation sites (tertiary alicyclic amines) is 2. The zero-order chi connectivity index (χ0) is 24.1. The number of benzene rings is 1. The van der Waals surface area contributed by atoms with Gasteiger partial charge in [-0.2, -0.15) is 0 Å². The molecule has 2 aliphatic heterocycles. The van der Waals surface area contributed by atoms with Gasteiger partial charge in [0.05, 0.1) is 23.4 Å². The van der Waals surface area contributed by atoms with Crippen molar-refractivity contribution < 1.29 is 14.3 Å². The maximum absolute atomic E-state index is 12.8. The number of nitrogen functional groups attached to an aromatic ring is 1. The Bertz CT molecular complexity index is 919. The number of amides is 2. The third-order valence-corrected chi connectivity index (χ3v) is 7.80. The number of hydrogen-bond donors (Lipinski definition) is 2. The topological polar surface area (TPSA) is 87.9 Å². The molecule has 186 valence electrons. The summed E-state index contributed by atoms with van der Waals surface area (Å²) in [6.45, 7) is 4.76. The SMILES string of the molecule is COc1cc(N)c(Cl)cc1C(=O)NC1CCN(CC2CCN(C(=O)C3=CCCCC3)CC2)CC1. The Hall–Kier alpha value is -2.25. The van der Waals surface area contributed by atoms with Crippen LogP contribution in [0.3, 0.4) is 0 Å². The summed E-state index contributed by atoms with van der Waals surface area (Å²) >= 11 is 6.12. The van der Waals surface area contributed by atoms with Gasteiger partial charge in [0.2, 0.25) is 5.91 Å². The summed E-state index contributed by atoms with van der Waals surface area (Å²) in [5.74, 6) is 1.16. The molecule has 2 saturated heterocycles. The van der Waals surface area contributed by atoms with Crippen LogP contribution < -0.4 is 15.8 Å². The molecule has 0 bridgehead atoms. The smallest absolute Gasteiger partial charge is 0.255 e. The van der Waals surface area contributed by atoms with Gasteiger partial charge in [0.25, 0.3) is 5.91 Å². The van der Waals surface area contributed by atoms with Crippen LogP contribution in [0.2, 0.25) is 5.02 Å². The molecule has 2 fully saturated rings. The van der Waals surface area contributed by atoms with Crippen molar-refractivity contribution in [1.29, 1.82) is 0 Å². The monoisotopic (exact) mass is 488 g/mol. The van der Waals surface area contributed by atoms with Crippen LogP contribution in [-0.4, -0.2) is 67.5 Å². The highest BCUT2D eigenvalue weighted by Gasteiger charge is 2.28. The molecule has 0 spiro atoms. The van der Waals surface area contributed by atoms with Crippen molar-refractivity contribution in [3.05, 3.63) is 34.4 Å². The molecule has 3 N–H and O–H groups in total. The largest absolute Gasteiger partial charge is 0.496 e. The van der Waals surface area contributed by atoms with Gasteiger partial charge < -0.3 is 25.6 Å². The average Bonchev–Trinajstić information content (AvgIpc) is 2.87. The number of piperidine rings is 2. The van der Waals surface area contributed by atoms with Crippen LogP contribution in [0.25, 0.3) is 0 Å². The highest BCUT2D eigenvalue weighted by Crippen LogP contribution is 2.29. The number of halogens is 1. The lowest BCUT2D eigenvalue weighted by Crippen LogP contribution is -2.47. The first-order chi connectivity index (χ1) is 16.4. The molecular weight excluding hydrogens is 452 g/mol. The fourth-order valence-corrected chi connectivity index (χ4v) is 5.52. The summed E-state index contributed by atoms with van der Waals surface area (Å²) in [7, 11) is 1.52. The molecule has 1 aromatic carbocycles. The Kier molecular flexibility index (Phi) is 8.37. The van der Waals surface area contributed by atoms with E-state index in [9.17, 15) is 9.59 Å². The maximum atomic E-state index is 12.8. The Balaban J connectivity index is 1.20. The van der Waals surface area contributed by atoms with Crippen molar-refractivity contribution >= 4 is 29.1 Å². The van der Waals surface area contributed by atoms with E-state index in [0.29, 0.717) is 27.9 Å². The third kappa shape index (κ3) is 6.05. The number of carbonyl (C=O) groups is 2. The van der Waals surface area contributed by atoms with E-state index in [-0.39, 0.29) is 17.9 Å². The van der Waals surface area contributed by atoms with Crippen molar-refractivity contribution in [3.8, 4) is 5.75 Å². The van der Waals surface area contributed by atoms with Crippen LogP contribution in [0.5, 0.6) is 5.75 Å². The fraction of sp³-hybridized carbons (Fsp3) is 0.615. The fourth-order valence-electron chi connectivity index (χ4n) is 5.36. The summed E-state index contributed by atoms with van der Waals surface area (Å²) in [6, 6.07) is 3.29. The molecule has 0 unspecified atom stereocenters. The van der Waals surface area contributed by atoms with E-state index in [1.165, 1.54) is 13.5 Å². The minimum atomic E-state index is -0.178. The number of hydrogen-bond acceptors (Lipinski definition) is 5. The summed E-state index contributed by atoms with van der Waals surface area (Å²) in [5.41, 5.74) is 7.67. The molecule has 0 radical (unpaired) electrons. The second kappa shape index (κ2) is 11.5. The number of carbonyl (C=O) groups excluding carboxylic acids is 2. The summed E-state index contributed by atoms with van der Waals surface area (Å²) in [5, 5.41) is 3.49. The number of anilines is 1. The minimum Gasteiger partial charge on any atom is -0.496 e. The van der Waals surface area contributed by atoms with Gasteiger partial charge in [0.1, 0.15) is 5.75 Å². The van der Waals surface area contributed by atoms with Crippen LogP contribution in [0.15, 0.2) is 23.8 Å². The molecule has 0 saturated carbocycles. The Morgan fingerprint density at radius 1 is 1.12 bits per heavy atom. The molecule has 1 aliphatic carbocycles. The highest BCUT2D eigenvalue weighted by molar-refractivity contribution is 6.33. The summed E-state index contributed by atoms with van der Waals surface area (Å²) in [4.78, 5) is 30.1. The number of nitrogens with two attached hydrogens (primary N) is 1. The molecule has 8 heteroatoms. The van der Waals surface area contributed by atoms with Gasteiger partial charge >= 0.3 is 0 Å². The van der Waals surface area contributed by atoms with Gasteiger partial charge in [-0.3, -0.25) is 9.59 Å². The minimum absolute atomic E-state index is 0.132. The number of methoxy groups -OCH3 is 1.